The smallest absolute Gasteiger partial charge is 0.300 e. The van der Waals surface area contributed by atoms with E-state index in [4.69, 9.17) is 9.25 Å². The molecule has 0 aromatic carbocycles. The van der Waals surface area contributed by atoms with Crippen LogP contribution in [0.4, 0.5) is 0 Å². The third-order valence-electron chi connectivity index (χ3n) is 2.70. The van der Waals surface area contributed by atoms with Gasteiger partial charge in [0, 0.05) is 12.6 Å². The van der Waals surface area contributed by atoms with Gasteiger partial charge in [-0.1, -0.05) is 6.92 Å². The van der Waals surface area contributed by atoms with E-state index in [-0.39, 0.29) is 16.7 Å². The first-order valence-electron chi connectivity index (χ1n) is 6.38. The Kier molecular flexibility index (Phi) is 3.97. The lowest BCUT2D eigenvalue weighted by Crippen LogP contribution is -2.36. The van der Waals surface area contributed by atoms with Gasteiger partial charge in [0.25, 0.3) is 5.91 Å². The van der Waals surface area contributed by atoms with Crippen LogP contribution in [0.2, 0.25) is 0 Å². The molecule has 7 heteroatoms. The van der Waals surface area contributed by atoms with E-state index in [1.165, 1.54) is 12.3 Å². The molecule has 0 radical (unpaired) electrons. The number of nitrogens with zero attached hydrogens (tertiary/aromatic N) is 1. The van der Waals surface area contributed by atoms with Crippen LogP contribution in [0.1, 0.15) is 30.6 Å². The number of aromatic hydroxyl groups is 1. The lowest BCUT2D eigenvalue weighted by Gasteiger charge is -2.11. The van der Waals surface area contributed by atoms with Crippen LogP contribution in [0.25, 0.3) is 11.1 Å². The Morgan fingerprint density at radius 3 is 2.90 bits per heavy atom. The zero-order valence-corrected chi connectivity index (χ0v) is 11.3. The largest absolute Gasteiger partial charge is 0.503 e. The number of nitrogens with one attached hydrogen (secondary N) is 1. The summed E-state index contributed by atoms with van der Waals surface area (Å²) >= 11 is 0. The van der Waals surface area contributed by atoms with Gasteiger partial charge >= 0.3 is 5.56 Å². The molecule has 108 valence electrons. The van der Waals surface area contributed by atoms with E-state index in [0.717, 1.165) is 4.73 Å². The molecule has 20 heavy (non-hydrogen) atoms. The Morgan fingerprint density at radius 2 is 2.25 bits per heavy atom. The Hall–Kier alpha value is -2.44. The normalized spacial score (nSPS) is 10.7. The van der Waals surface area contributed by atoms with E-state index in [2.05, 4.69) is 5.32 Å². The fraction of sp³-hybridized carbons (Fsp3) is 0.385. The molecule has 0 aliphatic carbocycles. The number of aromatic nitrogens is 1. The number of furan rings is 1. The Balaban J connectivity index is 2.68. The fourth-order valence-electron chi connectivity index (χ4n) is 1.83. The molecule has 2 N–H and O–H groups in total. The number of amides is 1. The molecule has 1 amide bonds. The van der Waals surface area contributed by atoms with Crippen molar-refractivity contribution in [2.75, 3.05) is 13.2 Å². The van der Waals surface area contributed by atoms with Crippen LogP contribution in [0.3, 0.4) is 0 Å². The zero-order chi connectivity index (χ0) is 14.7. The highest BCUT2D eigenvalue weighted by Gasteiger charge is 2.24. The third kappa shape index (κ3) is 2.22. The first kappa shape index (κ1) is 14.0. The van der Waals surface area contributed by atoms with Gasteiger partial charge < -0.3 is 19.7 Å². The molecule has 0 bridgehead atoms. The number of hydrogen-bond acceptors (Lipinski definition) is 5. The number of pyridine rings is 1. The van der Waals surface area contributed by atoms with Gasteiger partial charge in [-0.2, -0.15) is 0 Å². The second-order valence-electron chi connectivity index (χ2n) is 4.15. The molecule has 0 aliphatic heterocycles. The zero-order valence-electron chi connectivity index (χ0n) is 11.3. The molecule has 7 nitrogen and oxygen atoms in total. The van der Waals surface area contributed by atoms with Crippen molar-refractivity contribution in [3.8, 4) is 5.75 Å². The van der Waals surface area contributed by atoms with Crippen LogP contribution in [-0.2, 0) is 0 Å². The van der Waals surface area contributed by atoms with Crippen molar-refractivity contribution in [2.45, 2.75) is 20.3 Å². The fourth-order valence-corrected chi connectivity index (χ4v) is 1.83. The predicted molar refractivity (Wildman–Crippen MR) is 71.9 cm³/mol. The molecule has 0 aliphatic rings. The minimum atomic E-state index is -0.712. The number of rotatable bonds is 5. The maximum absolute atomic E-state index is 12.3. The Morgan fingerprint density at radius 1 is 1.50 bits per heavy atom. The highest BCUT2D eigenvalue weighted by Crippen LogP contribution is 2.26. The van der Waals surface area contributed by atoms with Crippen molar-refractivity contribution < 1.29 is 19.2 Å². The van der Waals surface area contributed by atoms with E-state index in [9.17, 15) is 14.7 Å². The molecule has 2 aromatic heterocycles. The first-order chi connectivity index (χ1) is 9.61. The number of hydrogen-bond donors (Lipinski definition) is 2. The van der Waals surface area contributed by atoms with Crippen LogP contribution < -0.4 is 15.7 Å². The maximum atomic E-state index is 12.3. The molecule has 2 heterocycles. The highest BCUT2D eigenvalue weighted by atomic mass is 16.7. The van der Waals surface area contributed by atoms with Crippen LogP contribution in [0, 0.1) is 0 Å². The summed E-state index contributed by atoms with van der Waals surface area (Å²) in [6.07, 6.45) is 2.01. The van der Waals surface area contributed by atoms with Gasteiger partial charge in [-0.3, -0.25) is 9.59 Å². The van der Waals surface area contributed by atoms with Crippen LogP contribution in [0.15, 0.2) is 21.5 Å². The molecule has 2 rings (SSSR count). The van der Waals surface area contributed by atoms with E-state index in [1.807, 2.05) is 6.92 Å². The minimum absolute atomic E-state index is 0.0435. The molecular weight excluding hydrogens is 264 g/mol. The molecule has 0 fully saturated rings. The predicted octanol–water partition coefficient (Wildman–Crippen LogP) is 0.888. The molecule has 0 atom stereocenters. The molecule has 0 spiro atoms. The van der Waals surface area contributed by atoms with Crippen molar-refractivity contribution in [3.63, 3.8) is 0 Å². The first-order valence-corrected chi connectivity index (χ1v) is 6.38. The van der Waals surface area contributed by atoms with Gasteiger partial charge in [0.2, 0.25) is 0 Å². The summed E-state index contributed by atoms with van der Waals surface area (Å²) in [6.45, 7) is 4.25. The monoisotopic (exact) mass is 280 g/mol. The summed E-state index contributed by atoms with van der Waals surface area (Å²) in [5, 5.41) is 12.5. The quantitative estimate of drug-likeness (QED) is 0.848. The number of carbonyl (C=O) groups is 1. The average Bonchev–Trinajstić information content (AvgIpc) is 2.88. The lowest BCUT2D eigenvalue weighted by atomic mass is 10.2. The van der Waals surface area contributed by atoms with Gasteiger partial charge in [0.05, 0.1) is 6.26 Å². The van der Waals surface area contributed by atoms with E-state index in [0.29, 0.717) is 19.6 Å². The lowest BCUT2D eigenvalue weighted by molar-refractivity contribution is 0.0926. The summed E-state index contributed by atoms with van der Waals surface area (Å²) < 4.78 is 6.10. The minimum Gasteiger partial charge on any atom is -0.503 e. The third-order valence-corrected chi connectivity index (χ3v) is 2.70. The topological polar surface area (TPSA) is 93.7 Å². The van der Waals surface area contributed by atoms with Gasteiger partial charge in [0.1, 0.15) is 12.1 Å². The summed E-state index contributed by atoms with van der Waals surface area (Å²) in [4.78, 5) is 29.5. The van der Waals surface area contributed by atoms with Gasteiger partial charge in [-0.05, 0) is 13.3 Å². The van der Waals surface area contributed by atoms with Crippen molar-refractivity contribution in [2.24, 2.45) is 0 Å². The van der Waals surface area contributed by atoms with Gasteiger partial charge in [-0.25, -0.2) is 0 Å². The Bertz CT molecular complexity index is 686. The molecular formula is C13H16N2O5. The van der Waals surface area contributed by atoms with Crippen molar-refractivity contribution >= 4 is 17.0 Å². The standard InChI is InChI=1S/C13H16N2O5/c1-3-6-20-15-8-5-7-19-11(8)10(16)9(13(15)18)12(17)14-4-2/h5,7,16H,3-4,6H2,1-2H3,(H,14,17). The van der Waals surface area contributed by atoms with Crippen LogP contribution in [0.5, 0.6) is 5.75 Å². The summed E-state index contributed by atoms with van der Waals surface area (Å²) in [6, 6.07) is 1.49. The van der Waals surface area contributed by atoms with Crippen molar-refractivity contribution in [1.29, 1.82) is 0 Å². The summed E-state index contributed by atoms with van der Waals surface area (Å²) in [5.74, 6) is -1.14. The van der Waals surface area contributed by atoms with E-state index >= 15 is 0 Å². The Labute approximate surface area is 114 Å². The van der Waals surface area contributed by atoms with Crippen LogP contribution >= 0.6 is 0 Å². The van der Waals surface area contributed by atoms with E-state index < -0.39 is 17.2 Å². The second-order valence-corrected chi connectivity index (χ2v) is 4.15. The molecule has 0 saturated heterocycles. The van der Waals surface area contributed by atoms with Crippen LogP contribution in [-0.4, -0.2) is 28.9 Å². The summed E-state index contributed by atoms with van der Waals surface area (Å²) in [7, 11) is 0. The SMILES string of the molecule is CCCOn1c(=O)c(C(=O)NCC)c(O)c2occc21. The van der Waals surface area contributed by atoms with E-state index in [1.54, 1.807) is 6.92 Å². The molecule has 2 aromatic rings. The van der Waals surface area contributed by atoms with Crippen molar-refractivity contribution in [1.82, 2.24) is 10.0 Å². The highest BCUT2D eigenvalue weighted by molar-refractivity contribution is 6.00. The molecule has 0 unspecified atom stereocenters. The average molecular weight is 280 g/mol. The number of fused-ring (bicyclic) bond motifs is 1. The number of carbonyl (C=O) groups excluding carboxylic acids is 1. The van der Waals surface area contributed by atoms with Gasteiger partial charge in [-0.15, -0.1) is 4.73 Å². The van der Waals surface area contributed by atoms with Gasteiger partial charge in [0.15, 0.2) is 16.9 Å². The molecule has 0 saturated carbocycles. The summed E-state index contributed by atoms with van der Waals surface area (Å²) in [5.41, 5.74) is -0.767. The second kappa shape index (κ2) is 5.68. The van der Waals surface area contributed by atoms with Crippen molar-refractivity contribution in [3.05, 3.63) is 28.2 Å². The maximum Gasteiger partial charge on any atom is 0.300 e.